The van der Waals surface area contributed by atoms with Gasteiger partial charge in [-0.1, -0.05) is 0 Å². The Morgan fingerprint density at radius 2 is 2.00 bits per heavy atom. The Labute approximate surface area is 120 Å². The van der Waals surface area contributed by atoms with E-state index in [0.29, 0.717) is 17.0 Å². The Kier molecular flexibility index (Phi) is 4.37. The maximum atomic E-state index is 13.4. The first-order chi connectivity index (χ1) is 9.95. The van der Waals surface area contributed by atoms with Crippen LogP contribution in [-0.4, -0.2) is 12.5 Å². The van der Waals surface area contributed by atoms with E-state index >= 15 is 0 Å². The summed E-state index contributed by atoms with van der Waals surface area (Å²) in [6.45, 7) is 1.34. The normalized spacial score (nSPS) is 10.2. The first-order valence-electron chi connectivity index (χ1n) is 6.19. The van der Waals surface area contributed by atoms with Gasteiger partial charge in [-0.05, 0) is 48.9 Å². The van der Waals surface area contributed by atoms with Crippen molar-refractivity contribution in [2.75, 3.05) is 17.7 Å². The summed E-state index contributed by atoms with van der Waals surface area (Å²) in [4.78, 5) is 11.7. The fourth-order valence-electron chi connectivity index (χ4n) is 1.74. The molecule has 2 aromatic rings. The van der Waals surface area contributed by atoms with Crippen LogP contribution in [0.1, 0.15) is 5.56 Å². The minimum atomic E-state index is -0.587. The molecule has 0 aliphatic rings. The number of nitrogens with one attached hydrogen (secondary N) is 1. The summed E-state index contributed by atoms with van der Waals surface area (Å²) in [5.74, 6) is -1.12. The van der Waals surface area contributed by atoms with Crippen molar-refractivity contribution < 1.29 is 18.3 Å². The number of amides is 1. The Hall–Kier alpha value is -2.63. The van der Waals surface area contributed by atoms with Gasteiger partial charge < -0.3 is 15.8 Å². The standard InChI is InChI=1S/C15H14F2N2O2/c1-9-6-10(16)2-5-14(9)21-8-15(20)19-13-7-11(18)3-4-12(13)17/h2-7H,8,18H2,1H3,(H,19,20). The highest BCUT2D eigenvalue weighted by Gasteiger charge is 2.09. The highest BCUT2D eigenvalue weighted by atomic mass is 19.1. The van der Waals surface area contributed by atoms with Gasteiger partial charge in [-0.2, -0.15) is 0 Å². The summed E-state index contributed by atoms with van der Waals surface area (Å²) in [5.41, 5.74) is 6.41. The van der Waals surface area contributed by atoms with Gasteiger partial charge in [-0.3, -0.25) is 4.79 Å². The largest absolute Gasteiger partial charge is 0.483 e. The Morgan fingerprint density at radius 3 is 2.71 bits per heavy atom. The molecule has 0 aliphatic carbocycles. The van der Waals surface area contributed by atoms with E-state index in [1.54, 1.807) is 6.92 Å². The highest BCUT2D eigenvalue weighted by molar-refractivity contribution is 5.92. The molecule has 2 aromatic carbocycles. The van der Waals surface area contributed by atoms with E-state index in [9.17, 15) is 13.6 Å². The van der Waals surface area contributed by atoms with Crippen molar-refractivity contribution in [2.24, 2.45) is 0 Å². The summed E-state index contributed by atoms with van der Waals surface area (Å²) in [5, 5.41) is 2.36. The number of carbonyl (C=O) groups excluding carboxylic acids is 1. The lowest BCUT2D eigenvalue weighted by Crippen LogP contribution is -2.21. The van der Waals surface area contributed by atoms with Crippen LogP contribution in [0.5, 0.6) is 5.75 Å². The summed E-state index contributed by atoms with van der Waals surface area (Å²) in [7, 11) is 0. The molecular formula is C15H14F2N2O2. The Morgan fingerprint density at radius 1 is 1.24 bits per heavy atom. The zero-order valence-electron chi connectivity index (χ0n) is 11.3. The van der Waals surface area contributed by atoms with Crippen LogP contribution in [0.3, 0.4) is 0 Å². The smallest absolute Gasteiger partial charge is 0.262 e. The lowest BCUT2D eigenvalue weighted by molar-refractivity contribution is -0.118. The molecule has 0 spiro atoms. The number of hydrogen-bond acceptors (Lipinski definition) is 3. The number of hydrogen-bond donors (Lipinski definition) is 2. The number of rotatable bonds is 4. The van der Waals surface area contributed by atoms with E-state index in [1.165, 1.54) is 30.3 Å². The molecule has 4 nitrogen and oxygen atoms in total. The lowest BCUT2D eigenvalue weighted by Gasteiger charge is -2.10. The van der Waals surface area contributed by atoms with Crippen molar-refractivity contribution >= 4 is 17.3 Å². The SMILES string of the molecule is Cc1cc(F)ccc1OCC(=O)Nc1cc(N)ccc1F. The number of halogens is 2. The predicted molar refractivity (Wildman–Crippen MR) is 76.1 cm³/mol. The number of aryl methyl sites for hydroxylation is 1. The van der Waals surface area contributed by atoms with Crippen molar-refractivity contribution in [2.45, 2.75) is 6.92 Å². The van der Waals surface area contributed by atoms with Crippen molar-refractivity contribution in [1.29, 1.82) is 0 Å². The molecule has 0 aliphatic heterocycles. The zero-order valence-corrected chi connectivity index (χ0v) is 11.3. The Balaban J connectivity index is 1.97. The van der Waals surface area contributed by atoms with Crippen LogP contribution < -0.4 is 15.8 Å². The number of nitrogen functional groups attached to an aromatic ring is 1. The van der Waals surface area contributed by atoms with E-state index in [0.717, 1.165) is 6.07 Å². The minimum absolute atomic E-state index is 0.0144. The van der Waals surface area contributed by atoms with E-state index in [4.69, 9.17) is 10.5 Å². The van der Waals surface area contributed by atoms with Gasteiger partial charge in [0.2, 0.25) is 0 Å². The highest BCUT2D eigenvalue weighted by Crippen LogP contribution is 2.19. The third-order valence-corrected chi connectivity index (χ3v) is 2.76. The van der Waals surface area contributed by atoms with Gasteiger partial charge in [0.05, 0.1) is 5.69 Å². The Bertz CT molecular complexity index is 675. The van der Waals surface area contributed by atoms with Crippen LogP contribution in [0.2, 0.25) is 0 Å². The van der Waals surface area contributed by atoms with Crippen LogP contribution >= 0.6 is 0 Å². The fourth-order valence-corrected chi connectivity index (χ4v) is 1.74. The molecule has 21 heavy (non-hydrogen) atoms. The first kappa shape index (κ1) is 14.8. The number of benzene rings is 2. The van der Waals surface area contributed by atoms with Crippen molar-refractivity contribution in [3.05, 3.63) is 53.6 Å². The summed E-state index contributed by atoms with van der Waals surface area (Å²) >= 11 is 0. The van der Waals surface area contributed by atoms with Crippen molar-refractivity contribution in [3.63, 3.8) is 0 Å². The second-order valence-corrected chi connectivity index (χ2v) is 4.49. The molecule has 110 valence electrons. The van der Waals surface area contributed by atoms with Gasteiger partial charge in [-0.15, -0.1) is 0 Å². The van der Waals surface area contributed by atoms with Gasteiger partial charge in [0.25, 0.3) is 5.91 Å². The van der Waals surface area contributed by atoms with Crippen LogP contribution in [0.25, 0.3) is 0 Å². The molecule has 0 saturated heterocycles. The second-order valence-electron chi connectivity index (χ2n) is 4.49. The summed E-state index contributed by atoms with van der Waals surface area (Å²) in [6, 6.07) is 7.83. The van der Waals surface area contributed by atoms with Gasteiger partial charge in [0, 0.05) is 5.69 Å². The van der Waals surface area contributed by atoms with Crippen LogP contribution in [0.4, 0.5) is 20.2 Å². The fraction of sp³-hybridized carbons (Fsp3) is 0.133. The molecule has 0 heterocycles. The number of anilines is 2. The van der Waals surface area contributed by atoms with Gasteiger partial charge in [-0.25, -0.2) is 8.78 Å². The molecule has 0 fully saturated rings. The maximum absolute atomic E-state index is 13.4. The number of carbonyl (C=O) groups is 1. The second kappa shape index (κ2) is 6.21. The average Bonchev–Trinajstić information content (AvgIpc) is 2.42. The van der Waals surface area contributed by atoms with Crippen LogP contribution in [-0.2, 0) is 4.79 Å². The monoisotopic (exact) mass is 292 g/mol. The minimum Gasteiger partial charge on any atom is -0.483 e. The third-order valence-electron chi connectivity index (χ3n) is 2.76. The predicted octanol–water partition coefficient (Wildman–Crippen LogP) is 2.87. The van der Waals surface area contributed by atoms with Crippen LogP contribution in [0.15, 0.2) is 36.4 Å². The van der Waals surface area contributed by atoms with E-state index in [1.807, 2.05) is 0 Å². The van der Waals surface area contributed by atoms with Gasteiger partial charge in [0.1, 0.15) is 17.4 Å². The molecule has 3 N–H and O–H groups in total. The number of ether oxygens (including phenoxy) is 1. The van der Waals surface area contributed by atoms with Crippen molar-refractivity contribution in [1.82, 2.24) is 0 Å². The lowest BCUT2D eigenvalue weighted by atomic mass is 10.2. The van der Waals surface area contributed by atoms with Gasteiger partial charge in [0.15, 0.2) is 6.61 Å². The zero-order chi connectivity index (χ0) is 15.4. The maximum Gasteiger partial charge on any atom is 0.262 e. The van der Waals surface area contributed by atoms with Gasteiger partial charge >= 0.3 is 0 Å². The number of nitrogens with two attached hydrogens (primary N) is 1. The molecule has 2 rings (SSSR count). The van der Waals surface area contributed by atoms with E-state index in [-0.39, 0.29) is 18.1 Å². The van der Waals surface area contributed by atoms with Crippen LogP contribution in [0, 0.1) is 18.6 Å². The third kappa shape index (κ3) is 3.92. The van der Waals surface area contributed by atoms with E-state index < -0.39 is 11.7 Å². The first-order valence-corrected chi connectivity index (χ1v) is 6.19. The van der Waals surface area contributed by atoms with E-state index in [2.05, 4.69) is 5.32 Å². The van der Waals surface area contributed by atoms with Crippen molar-refractivity contribution in [3.8, 4) is 5.75 Å². The topological polar surface area (TPSA) is 64.3 Å². The molecular weight excluding hydrogens is 278 g/mol. The molecule has 1 amide bonds. The average molecular weight is 292 g/mol. The molecule has 0 radical (unpaired) electrons. The molecule has 0 atom stereocenters. The quantitative estimate of drug-likeness (QED) is 0.852. The summed E-state index contributed by atoms with van der Waals surface area (Å²) < 4.78 is 31.6. The molecule has 0 bridgehead atoms. The molecule has 0 unspecified atom stereocenters. The summed E-state index contributed by atoms with van der Waals surface area (Å²) in [6.07, 6.45) is 0. The molecule has 6 heteroatoms. The molecule has 0 saturated carbocycles. The molecule has 0 aromatic heterocycles.